The lowest BCUT2D eigenvalue weighted by Gasteiger charge is -2.34. The Labute approximate surface area is 129 Å². The summed E-state index contributed by atoms with van der Waals surface area (Å²) >= 11 is 0. The van der Waals surface area contributed by atoms with Crippen LogP contribution >= 0.6 is 0 Å². The molecular formula is C17H18N4O. The molecule has 1 aromatic carbocycles. The van der Waals surface area contributed by atoms with Gasteiger partial charge in [-0.3, -0.25) is 0 Å². The molecule has 0 amide bonds. The molecule has 2 atom stereocenters. The summed E-state index contributed by atoms with van der Waals surface area (Å²) in [6.07, 6.45) is 8.11. The molecule has 2 aromatic rings. The maximum Gasteiger partial charge on any atom is 0.282 e. The monoisotopic (exact) mass is 294 g/mol. The van der Waals surface area contributed by atoms with Gasteiger partial charge in [-0.2, -0.15) is 0 Å². The van der Waals surface area contributed by atoms with E-state index in [1.807, 2.05) is 12.4 Å². The molecule has 1 aliphatic heterocycles. The summed E-state index contributed by atoms with van der Waals surface area (Å²) in [7, 11) is 0. The SMILES string of the molecule is C[C@H]1OC(N)=N[C@@]12CCc1ccc(-c3cncnc3)cc1C2. The molecule has 2 aliphatic rings. The Balaban J connectivity index is 1.72. The van der Waals surface area contributed by atoms with Crippen LogP contribution in [-0.2, 0) is 17.6 Å². The van der Waals surface area contributed by atoms with Crippen molar-refractivity contribution in [2.75, 3.05) is 0 Å². The van der Waals surface area contributed by atoms with Gasteiger partial charge in [0.15, 0.2) is 0 Å². The van der Waals surface area contributed by atoms with Crippen LogP contribution in [0.5, 0.6) is 0 Å². The number of rotatable bonds is 1. The summed E-state index contributed by atoms with van der Waals surface area (Å²) in [5, 5.41) is 0. The van der Waals surface area contributed by atoms with Crippen molar-refractivity contribution in [1.29, 1.82) is 0 Å². The van der Waals surface area contributed by atoms with Gasteiger partial charge in [-0.15, -0.1) is 0 Å². The van der Waals surface area contributed by atoms with Crippen LogP contribution in [0.3, 0.4) is 0 Å². The lowest BCUT2D eigenvalue weighted by molar-refractivity contribution is 0.140. The molecule has 0 saturated carbocycles. The topological polar surface area (TPSA) is 73.4 Å². The zero-order chi connectivity index (χ0) is 15.2. The molecule has 0 saturated heterocycles. The van der Waals surface area contributed by atoms with Crippen molar-refractivity contribution < 1.29 is 4.74 Å². The highest BCUT2D eigenvalue weighted by atomic mass is 16.5. The Kier molecular flexibility index (Phi) is 2.89. The van der Waals surface area contributed by atoms with E-state index < -0.39 is 0 Å². The third-order valence-corrected chi connectivity index (χ3v) is 4.81. The van der Waals surface area contributed by atoms with Gasteiger partial charge >= 0.3 is 0 Å². The summed E-state index contributed by atoms with van der Waals surface area (Å²) in [6, 6.07) is 6.90. The molecule has 0 unspecified atom stereocenters. The molecule has 112 valence electrons. The molecule has 1 aromatic heterocycles. The summed E-state index contributed by atoms with van der Waals surface area (Å²) < 4.78 is 5.59. The first-order valence-corrected chi connectivity index (χ1v) is 7.55. The van der Waals surface area contributed by atoms with Gasteiger partial charge in [0, 0.05) is 24.4 Å². The van der Waals surface area contributed by atoms with Crippen molar-refractivity contribution in [1.82, 2.24) is 9.97 Å². The van der Waals surface area contributed by atoms with Gasteiger partial charge in [-0.25, -0.2) is 15.0 Å². The zero-order valence-electron chi connectivity index (χ0n) is 12.5. The summed E-state index contributed by atoms with van der Waals surface area (Å²) in [4.78, 5) is 12.8. The third kappa shape index (κ3) is 2.04. The van der Waals surface area contributed by atoms with Crippen molar-refractivity contribution in [3.8, 4) is 11.1 Å². The van der Waals surface area contributed by atoms with E-state index in [1.54, 1.807) is 6.33 Å². The maximum absolute atomic E-state index is 5.78. The summed E-state index contributed by atoms with van der Waals surface area (Å²) in [6.45, 7) is 2.06. The second-order valence-electron chi connectivity index (χ2n) is 6.10. The van der Waals surface area contributed by atoms with E-state index in [0.29, 0.717) is 6.02 Å². The smallest absolute Gasteiger partial charge is 0.282 e. The van der Waals surface area contributed by atoms with E-state index in [1.165, 1.54) is 11.1 Å². The number of aryl methyl sites for hydroxylation is 1. The highest BCUT2D eigenvalue weighted by Crippen LogP contribution is 2.39. The minimum Gasteiger partial charge on any atom is -0.460 e. The third-order valence-electron chi connectivity index (χ3n) is 4.81. The van der Waals surface area contributed by atoms with E-state index in [0.717, 1.165) is 30.4 Å². The lowest BCUT2D eigenvalue weighted by Crippen LogP contribution is -2.41. The molecule has 2 heterocycles. The largest absolute Gasteiger partial charge is 0.460 e. The van der Waals surface area contributed by atoms with Crippen molar-refractivity contribution in [3.05, 3.63) is 48.0 Å². The first-order valence-electron chi connectivity index (χ1n) is 7.55. The summed E-state index contributed by atoms with van der Waals surface area (Å²) in [5.41, 5.74) is 10.5. The number of hydrogen-bond acceptors (Lipinski definition) is 5. The number of ether oxygens (including phenoxy) is 1. The molecule has 5 heteroatoms. The number of aliphatic imine (C=N–C) groups is 1. The normalized spacial score (nSPS) is 26.4. The average Bonchev–Trinajstić information content (AvgIpc) is 2.81. The molecule has 1 spiro atoms. The van der Waals surface area contributed by atoms with E-state index in [2.05, 4.69) is 40.1 Å². The molecule has 0 radical (unpaired) electrons. The van der Waals surface area contributed by atoms with Crippen molar-refractivity contribution in [2.45, 2.75) is 37.8 Å². The van der Waals surface area contributed by atoms with Gasteiger partial charge in [0.25, 0.3) is 6.02 Å². The Morgan fingerprint density at radius 2 is 2.00 bits per heavy atom. The Hall–Kier alpha value is -2.43. The van der Waals surface area contributed by atoms with Crippen LogP contribution in [-0.4, -0.2) is 27.6 Å². The van der Waals surface area contributed by atoms with Crippen molar-refractivity contribution >= 4 is 6.02 Å². The molecule has 0 fully saturated rings. The Bertz CT molecular complexity index is 744. The van der Waals surface area contributed by atoms with Crippen LogP contribution in [0, 0.1) is 0 Å². The Morgan fingerprint density at radius 3 is 2.73 bits per heavy atom. The molecule has 4 rings (SSSR count). The number of amidine groups is 1. The van der Waals surface area contributed by atoms with Gasteiger partial charge in [-0.1, -0.05) is 18.2 Å². The van der Waals surface area contributed by atoms with Crippen molar-refractivity contribution in [3.63, 3.8) is 0 Å². The van der Waals surface area contributed by atoms with Crippen LogP contribution in [0.4, 0.5) is 0 Å². The predicted octanol–water partition coefficient (Wildman–Crippen LogP) is 2.10. The fourth-order valence-corrected chi connectivity index (χ4v) is 3.50. The van der Waals surface area contributed by atoms with Crippen LogP contribution in [0.2, 0.25) is 0 Å². The standard InChI is InChI=1S/C17H18N4O/c1-11-17(21-16(18)22-11)5-4-12-2-3-13(6-14(12)7-17)15-8-19-10-20-9-15/h2-3,6,8-11H,4-5,7H2,1H3,(H2,18,21)/t11-,17-/m1/s1. The predicted molar refractivity (Wildman–Crippen MR) is 84.4 cm³/mol. The van der Waals surface area contributed by atoms with E-state index in [9.17, 15) is 0 Å². The fraction of sp³-hybridized carbons (Fsp3) is 0.353. The first-order chi connectivity index (χ1) is 10.7. The molecule has 2 N–H and O–H groups in total. The van der Waals surface area contributed by atoms with Gasteiger partial charge in [0.1, 0.15) is 18.0 Å². The minimum absolute atomic E-state index is 0.0318. The first kappa shape index (κ1) is 13.2. The fourth-order valence-electron chi connectivity index (χ4n) is 3.50. The molecule has 5 nitrogen and oxygen atoms in total. The Morgan fingerprint density at radius 1 is 1.18 bits per heavy atom. The van der Waals surface area contributed by atoms with E-state index in [4.69, 9.17) is 10.5 Å². The highest BCUT2D eigenvalue weighted by Gasteiger charge is 2.45. The second kappa shape index (κ2) is 4.80. The van der Waals surface area contributed by atoms with Gasteiger partial charge in [0.2, 0.25) is 0 Å². The van der Waals surface area contributed by atoms with Gasteiger partial charge < -0.3 is 10.5 Å². The highest BCUT2D eigenvalue weighted by molar-refractivity contribution is 5.74. The second-order valence-corrected chi connectivity index (χ2v) is 6.10. The van der Waals surface area contributed by atoms with Crippen LogP contribution < -0.4 is 5.73 Å². The van der Waals surface area contributed by atoms with Gasteiger partial charge in [0.05, 0.1) is 0 Å². The molecule has 1 aliphatic carbocycles. The molecule has 22 heavy (non-hydrogen) atoms. The van der Waals surface area contributed by atoms with Crippen LogP contribution in [0.1, 0.15) is 24.5 Å². The zero-order valence-corrected chi connectivity index (χ0v) is 12.5. The average molecular weight is 294 g/mol. The molecule has 0 bridgehead atoms. The van der Waals surface area contributed by atoms with Gasteiger partial charge in [-0.05, 0) is 36.5 Å². The number of nitrogens with two attached hydrogens (primary N) is 1. The van der Waals surface area contributed by atoms with E-state index in [-0.39, 0.29) is 11.6 Å². The number of hydrogen-bond donors (Lipinski definition) is 1. The number of benzene rings is 1. The maximum atomic E-state index is 5.78. The van der Waals surface area contributed by atoms with E-state index >= 15 is 0 Å². The number of aromatic nitrogens is 2. The number of nitrogens with zero attached hydrogens (tertiary/aromatic N) is 3. The minimum atomic E-state index is -0.205. The number of fused-ring (bicyclic) bond motifs is 1. The molecular weight excluding hydrogens is 276 g/mol. The summed E-state index contributed by atoms with van der Waals surface area (Å²) in [5.74, 6) is 0. The quantitative estimate of drug-likeness (QED) is 0.874. The van der Waals surface area contributed by atoms with Crippen molar-refractivity contribution in [2.24, 2.45) is 10.7 Å². The lowest BCUT2D eigenvalue weighted by atomic mass is 9.75. The van der Waals surface area contributed by atoms with Crippen LogP contribution in [0.15, 0.2) is 41.9 Å². The van der Waals surface area contributed by atoms with Crippen LogP contribution in [0.25, 0.3) is 11.1 Å².